The van der Waals surface area contributed by atoms with E-state index in [1.54, 1.807) is 11.3 Å². The lowest BCUT2D eigenvalue weighted by atomic mass is 10.1. The number of aromatic nitrogens is 2. The molecular weight excluding hydrogens is 325 g/mol. The molecule has 0 spiro atoms. The Hall–Kier alpha value is -0.550. The minimum Gasteiger partial charge on any atom is -0.309 e. The summed E-state index contributed by atoms with van der Waals surface area (Å²) >= 11 is 14.5. The number of thiophene rings is 1. The van der Waals surface area contributed by atoms with Crippen molar-refractivity contribution in [1.82, 2.24) is 15.1 Å². The molecule has 1 N–H and O–H groups in total. The smallest absolute Gasteiger partial charge is 0.0850 e. The third-order valence-corrected chi connectivity index (χ3v) is 5.41. The van der Waals surface area contributed by atoms with Gasteiger partial charge in [0.1, 0.15) is 0 Å². The van der Waals surface area contributed by atoms with Gasteiger partial charge < -0.3 is 5.32 Å². The Balaban J connectivity index is 2.33. The number of nitrogens with zero attached hydrogens (tertiary/aromatic N) is 2. The van der Waals surface area contributed by atoms with Gasteiger partial charge in [-0.05, 0) is 31.3 Å². The zero-order valence-corrected chi connectivity index (χ0v) is 14.9. The average molecular weight is 346 g/mol. The second kappa shape index (κ2) is 7.63. The highest BCUT2D eigenvalue weighted by Crippen LogP contribution is 2.33. The van der Waals surface area contributed by atoms with Gasteiger partial charge in [0.2, 0.25) is 0 Å². The van der Waals surface area contributed by atoms with Crippen molar-refractivity contribution in [2.45, 2.75) is 46.2 Å². The molecule has 0 saturated carbocycles. The van der Waals surface area contributed by atoms with Gasteiger partial charge in [0.25, 0.3) is 0 Å². The number of halogens is 2. The van der Waals surface area contributed by atoms with Crippen LogP contribution in [0, 0.1) is 0 Å². The molecule has 2 aromatic heterocycles. The van der Waals surface area contributed by atoms with Crippen LogP contribution in [0.1, 0.15) is 43.1 Å². The Morgan fingerprint density at radius 1 is 1.33 bits per heavy atom. The van der Waals surface area contributed by atoms with Crippen LogP contribution in [0.15, 0.2) is 11.4 Å². The van der Waals surface area contributed by atoms with Gasteiger partial charge in [-0.2, -0.15) is 5.10 Å². The van der Waals surface area contributed by atoms with Crippen molar-refractivity contribution in [1.29, 1.82) is 0 Å². The molecule has 0 aliphatic rings. The number of likely N-dealkylation sites (N-methyl/N-ethyl adjacent to an activating group) is 1. The maximum absolute atomic E-state index is 6.51. The van der Waals surface area contributed by atoms with Gasteiger partial charge in [-0.25, -0.2) is 0 Å². The van der Waals surface area contributed by atoms with Crippen molar-refractivity contribution >= 4 is 34.5 Å². The predicted octanol–water partition coefficient (Wildman–Crippen LogP) is 4.73. The molecule has 116 valence electrons. The SMILES string of the molecule is CCNC(Cc1c(Cl)c(CC)nn1CC)c1sccc1Cl. The van der Waals surface area contributed by atoms with Crippen molar-refractivity contribution in [3.05, 3.63) is 37.8 Å². The summed E-state index contributed by atoms with van der Waals surface area (Å²) in [6.07, 6.45) is 1.65. The number of nitrogens with one attached hydrogen (secondary N) is 1. The van der Waals surface area contributed by atoms with E-state index in [2.05, 4.69) is 31.2 Å². The van der Waals surface area contributed by atoms with Crippen molar-refractivity contribution < 1.29 is 0 Å². The summed E-state index contributed by atoms with van der Waals surface area (Å²) in [4.78, 5) is 1.16. The lowest BCUT2D eigenvalue weighted by Gasteiger charge is -2.18. The van der Waals surface area contributed by atoms with Crippen LogP contribution in [0.25, 0.3) is 0 Å². The van der Waals surface area contributed by atoms with Gasteiger partial charge in [-0.15, -0.1) is 11.3 Å². The summed E-state index contributed by atoms with van der Waals surface area (Å²) in [6, 6.07) is 2.12. The molecule has 0 aliphatic carbocycles. The van der Waals surface area contributed by atoms with Gasteiger partial charge in [-0.3, -0.25) is 4.68 Å². The highest BCUT2D eigenvalue weighted by atomic mass is 35.5. The molecule has 0 saturated heterocycles. The van der Waals surface area contributed by atoms with E-state index in [1.165, 1.54) is 0 Å². The first-order valence-corrected chi connectivity index (χ1v) is 8.96. The van der Waals surface area contributed by atoms with Crippen LogP contribution in [-0.2, 0) is 19.4 Å². The molecular formula is C15H21Cl2N3S. The summed E-state index contributed by atoms with van der Waals surface area (Å²) < 4.78 is 2.01. The first-order valence-electron chi connectivity index (χ1n) is 7.32. The third kappa shape index (κ3) is 3.62. The Kier molecular flexibility index (Phi) is 6.11. The van der Waals surface area contributed by atoms with E-state index in [4.69, 9.17) is 23.2 Å². The fourth-order valence-corrected chi connectivity index (χ4v) is 4.08. The molecule has 2 aromatic rings. The largest absolute Gasteiger partial charge is 0.309 e. The van der Waals surface area contributed by atoms with E-state index >= 15 is 0 Å². The molecule has 6 heteroatoms. The first kappa shape index (κ1) is 16.8. The zero-order chi connectivity index (χ0) is 15.4. The lowest BCUT2D eigenvalue weighted by Crippen LogP contribution is -2.23. The van der Waals surface area contributed by atoms with Gasteiger partial charge >= 0.3 is 0 Å². The highest BCUT2D eigenvalue weighted by Gasteiger charge is 2.21. The predicted molar refractivity (Wildman–Crippen MR) is 91.7 cm³/mol. The van der Waals surface area contributed by atoms with Crippen LogP contribution in [0.5, 0.6) is 0 Å². The molecule has 0 bridgehead atoms. The molecule has 21 heavy (non-hydrogen) atoms. The zero-order valence-electron chi connectivity index (χ0n) is 12.6. The molecule has 1 unspecified atom stereocenters. The summed E-state index contributed by atoms with van der Waals surface area (Å²) in [5.41, 5.74) is 2.06. The van der Waals surface area contributed by atoms with Crippen LogP contribution in [0.4, 0.5) is 0 Å². The van der Waals surface area contributed by atoms with Crippen LogP contribution >= 0.6 is 34.5 Å². The van der Waals surface area contributed by atoms with Crippen LogP contribution in [0.2, 0.25) is 10.0 Å². The third-order valence-electron chi connectivity index (χ3n) is 3.50. The van der Waals surface area contributed by atoms with E-state index < -0.39 is 0 Å². The van der Waals surface area contributed by atoms with E-state index in [0.717, 1.165) is 52.2 Å². The Bertz CT molecular complexity index is 592. The minimum absolute atomic E-state index is 0.173. The summed E-state index contributed by atoms with van der Waals surface area (Å²) in [7, 11) is 0. The molecule has 2 rings (SSSR count). The quantitative estimate of drug-likeness (QED) is 0.786. The number of rotatable bonds is 7. The van der Waals surface area contributed by atoms with E-state index in [1.807, 2.05) is 16.1 Å². The molecule has 2 heterocycles. The van der Waals surface area contributed by atoms with E-state index in [9.17, 15) is 0 Å². The Labute approximate surface area is 140 Å². The van der Waals surface area contributed by atoms with Crippen molar-refractivity contribution in [3.8, 4) is 0 Å². The molecule has 0 amide bonds. The molecule has 0 aliphatic heterocycles. The van der Waals surface area contributed by atoms with Gasteiger partial charge in [0.05, 0.1) is 21.4 Å². The fraction of sp³-hybridized carbons (Fsp3) is 0.533. The van der Waals surface area contributed by atoms with Crippen molar-refractivity contribution in [3.63, 3.8) is 0 Å². The van der Waals surface area contributed by atoms with E-state index in [0.29, 0.717) is 0 Å². The summed E-state index contributed by atoms with van der Waals surface area (Å²) in [5, 5.41) is 11.7. The maximum Gasteiger partial charge on any atom is 0.0850 e. The standard InChI is InChI=1S/C15H21Cl2N3S/c1-4-11-14(17)13(20(6-3)19-11)9-12(18-5-2)15-10(16)7-8-21-15/h7-8,12,18H,4-6,9H2,1-3H3. The van der Waals surface area contributed by atoms with Crippen LogP contribution in [0.3, 0.4) is 0 Å². The lowest BCUT2D eigenvalue weighted by molar-refractivity contribution is 0.522. The molecule has 1 atom stereocenters. The van der Waals surface area contributed by atoms with Gasteiger partial charge in [-0.1, -0.05) is 37.0 Å². The Morgan fingerprint density at radius 3 is 2.62 bits per heavy atom. The average Bonchev–Trinajstić information content (AvgIpc) is 3.03. The maximum atomic E-state index is 6.51. The molecule has 3 nitrogen and oxygen atoms in total. The number of hydrogen-bond acceptors (Lipinski definition) is 3. The van der Waals surface area contributed by atoms with Gasteiger partial charge in [0.15, 0.2) is 0 Å². The van der Waals surface area contributed by atoms with Crippen molar-refractivity contribution in [2.75, 3.05) is 6.54 Å². The monoisotopic (exact) mass is 345 g/mol. The summed E-state index contributed by atoms with van der Waals surface area (Å²) in [6.45, 7) is 7.98. The van der Waals surface area contributed by atoms with E-state index in [-0.39, 0.29) is 6.04 Å². The molecule has 0 fully saturated rings. The topological polar surface area (TPSA) is 29.9 Å². The highest BCUT2D eigenvalue weighted by molar-refractivity contribution is 7.10. The summed E-state index contributed by atoms with van der Waals surface area (Å²) in [5.74, 6) is 0. The number of aryl methyl sites for hydroxylation is 2. The fourth-order valence-electron chi connectivity index (χ4n) is 2.46. The first-order chi connectivity index (χ1) is 10.1. The van der Waals surface area contributed by atoms with Crippen LogP contribution < -0.4 is 5.32 Å². The second-order valence-electron chi connectivity index (χ2n) is 4.82. The minimum atomic E-state index is 0.173. The van der Waals surface area contributed by atoms with Crippen LogP contribution in [-0.4, -0.2) is 16.3 Å². The molecule has 0 radical (unpaired) electrons. The Morgan fingerprint density at radius 2 is 2.10 bits per heavy atom. The van der Waals surface area contributed by atoms with Crippen molar-refractivity contribution in [2.24, 2.45) is 0 Å². The second-order valence-corrected chi connectivity index (χ2v) is 6.56. The van der Waals surface area contributed by atoms with Gasteiger partial charge in [0, 0.05) is 23.9 Å². The number of hydrogen-bond donors (Lipinski definition) is 1. The molecule has 0 aromatic carbocycles. The normalized spacial score (nSPS) is 12.8.